The average Bonchev–Trinajstić information content (AvgIpc) is 3.25. The van der Waals surface area contributed by atoms with Crippen LogP contribution in [0.15, 0.2) is 46.0 Å². The summed E-state index contributed by atoms with van der Waals surface area (Å²) in [5.74, 6) is 1.72. The van der Waals surface area contributed by atoms with Gasteiger partial charge in [0.2, 0.25) is 5.91 Å². The molecule has 0 saturated carbocycles. The van der Waals surface area contributed by atoms with Crippen LogP contribution in [-0.2, 0) is 11.2 Å². The molecule has 0 aliphatic carbocycles. The van der Waals surface area contributed by atoms with Gasteiger partial charge in [-0.05, 0) is 43.2 Å². The number of carbonyl (C=O) groups excluding carboxylic acids is 1. The molecule has 1 saturated heterocycles. The van der Waals surface area contributed by atoms with E-state index in [9.17, 15) is 4.79 Å². The van der Waals surface area contributed by atoms with Crippen molar-refractivity contribution in [2.75, 3.05) is 58.3 Å². The van der Waals surface area contributed by atoms with Crippen LogP contribution in [0.2, 0.25) is 0 Å². The highest BCUT2D eigenvalue weighted by atomic mass is 16.3. The number of aryl methyl sites for hydroxylation is 2. The van der Waals surface area contributed by atoms with Gasteiger partial charge in [-0.15, -0.1) is 0 Å². The molecule has 0 spiro atoms. The van der Waals surface area contributed by atoms with Crippen LogP contribution in [-0.4, -0.2) is 75.0 Å². The fourth-order valence-electron chi connectivity index (χ4n) is 3.52. The molecule has 0 radical (unpaired) electrons. The summed E-state index contributed by atoms with van der Waals surface area (Å²) in [6, 6.07) is 10.5. The number of hydrogen-bond acceptors (Lipinski definition) is 4. The topological polar surface area (TPSA) is 64.3 Å². The van der Waals surface area contributed by atoms with Crippen molar-refractivity contribution < 1.29 is 9.21 Å². The van der Waals surface area contributed by atoms with Gasteiger partial charge >= 0.3 is 0 Å². The molecule has 1 amide bonds. The number of rotatable bonds is 6. The van der Waals surface area contributed by atoms with Crippen LogP contribution < -0.4 is 10.2 Å². The first-order valence-corrected chi connectivity index (χ1v) is 10.5. The predicted octanol–water partition coefficient (Wildman–Crippen LogP) is 2.29. The maximum atomic E-state index is 12.0. The number of carbonyl (C=O) groups is 1. The van der Waals surface area contributed by atoms with E-state index >= 15 is 0 Å². The number of benzene rings is 1. The maximum absolute atomic E-state index is 12.0. The third-order valence-electron chi connectivity index (χ3n) is 5.38. The van der Waals surface area contributed by atoms with E-state index in [0.717, 1.165) is 44.3 Å². The molecule has 3 rings (SSSR count). The molecule has 1 aromatic heterocycles. The second-order valence-corrected chi connectivity index (χ2v) is 7.95. The average molecular weight is 412 g/mol. The van der Waals surface area contributed by atoms with Crippen molar-refractivity contribution >= 4 is 17.6 Å². The largest absolute Gasteiger partial charge is 0.469 e. The number of likely N-dealkylation sites (N-methyl/N-ethyl adjacent to an activating group) is 1. The van der Waals surface area contributed by atoms with Crippen molar-refractivity contribution in [3.63, 3.8) is 0 Å². The summed E-state index contributed by atoms with van der Waals surface area (Å²) in [6.45, 7) is 8.71. The predicted molar refractivity (Wildman–Crippen MR) is 121 cm³/mol. The fourth-order valence-corrected chi connectivity index (χ4v) is 3.52. The van der Waals surface area contributed by atoms with Gasteiger partial charge in [-0.3, -0.25) is 4.79 Å². The number of amides is 1. The van der Waals surface area contributed by atoms with Gasteiger partial charge in [0.25, 0.3) is 0 Å². The molecule has 0 unspecified atom stereocenters. The Morgan fingerprint density at radius 2 is 1.93 bits per heavy atom. The molecule has 2 aromatic rings. The Hall–Kier alpha value is -2.96. The van der Waals surface area contributed by atoms with Crippen LogP contribution in [0, 0.1) is 13.8 Å². The third-order valence-corrected chi connectivity index (χ3v) is 5.38. The molecule has 1 aliphatic heterocycles. The summed E-state index contributed by atoms with van der Waals surface area (Å²) in [4.78, 5) is 22.9. The Morgan fingerprint density at radius 3 is 2.60 bits per heavy atom. The summed E-state index contributed by atoms with van der Waals surface area (Å²) in [5, 5.41) is 3.42. The summed E-state index contributed by atoms with van der Waals surface area (Å²) in [7, 11) is 3.51. The molecule has 162 valence electrons. The molecule has 2 heterocycles. The van der Waals surface area contributed by atoms with Crippen LogP contribution in [0.25, 0.3) is 0 Å². The van der Waals surface area contributed by atoms with Crippen LogP contribution in [0.4, 0.5) is 5.69 Å². The zero-order chi connectivity index (χ0) is 21.5. The Bertz CT molecular complexity index is 852. The van der Waals surface area contributed by atoms with E-state index in [-0.39, 0.29) is 12.5 Å². The molecule has 0 bridgehead atoms. The van der Waals surface area contributed by atoms with Crippen LogP contribution >= 0.6 is 0 Å². The zero-order valence-corrected chi connectivity index (χ0v) is 18.5. The standard InChI is InChI=1S/C23H33N5O2/c1-18-7-8-19(2)21(16-18)27-11-13-28(14-12-27)23(25-17-22(29)26(3)4)24-10-9-20-6-5-15-30-20/h5-8,15-16H,9-14,17H2,1-4H3,(H,24,25). The highest BCUT2D eigenvalue weighted by Gasteiger charge is 2.21. The summed E-state index contributed by atoms with van der Waals surface area (Å²) >= 11 is 0. The molecule has 1 fully saturated rings. The van der Waals surface area contributed by atoms with E-state index in [2.05, 4.69) is 52.2 Å². The first-order valence-electron chi connectivity index (χ1n) is 10.5. The van der Waals surface area contributed by atoms with Crippen LogP contribution in [0.3, 0.4) is 0 Å². The molecule has 1 aromatic carbocycles. The number of nitrogens with one attached hydrogen (secondary N) is 1. The third kappa shape index (κ3) is 5.78. The van der Waals surface area contributed by atoms with Gasteiger partial charge in [0.1, 0.15) is 12.3 Å². The van der Waals surface area contributed by atoms with E-state index in [1.165, 1.54) is 16.8 Å². The monoisotopic (exact) mass is 411 g/mol. The van der Waals surface area contributed by atoms with Crippen molar-refractivity contribution in [3.8, 4) is 0 Å². The SMILES string of the molecule is Cc1ccc(C)c(N2CCN(C(=NCC(=O)N(C)C)NCCc3ccco3)CC2)c1. The van der Waals surface area contributed by atoms with Gasteiger partial charge in [0, 0.05) is 58.9 Å². The molecule has 0 atom stereocenters. The van der Waals surface area contributed by atoms with E-state index in [1.54, 1.807) is 25.3 Å². The summed E-state index contributed by atoms with van der Waals surface area (Å²) in [6.07, 6.45) is 2.46. The Labute approximate surface area is 179 Å². The number of aliphatic imine (C=N–C) groups is 1. The number of hydrogen-bond donors (Lipinski definition) is 1. The quantitative estimate of drug-likeness (QED) is 0.584. The summed E-state index contributed by atoms with van der Waals surface area (Å²) in [5.41, 5.74) is 3.89. The highest BCUT2D eigenvalue weighted by molar-refractivity contribution is 5.85. The lowest BCUT2D eigenvalue weighted by Gasteiger charge is -2.38. The number of anilines is 1. The minimum atomic E-state index is -0.00523. The molecule has 30 heavy (non-hydrogen) atoms. The smallest absolute Gasteiger partial charge is 0.243 e. The molecule has 1 N–H and O–H groups in total. The van der Waals surface area contributed by atoms with E-state index in [0.29, 0.717) is 6.54 Å². The van der Waals surface area contributed by atoms with Crippen LogP contribution in [0.5, 0.6) is 0 Å². The second kappa shape index (κ2) is 10.2. The normalized spacial score (nSPS) is 14.7. The zero-order valence-electron chi connectivity index (χ0n) is 18.5. The lowest BCUT2D eigenvalue weighted by atomic mass is 10.1. The van der Waals surface area contributed by atoms with Crippen molar-refractivity contribution in [2.24, 2.45) is 4.99 Å². The molecular weight excluding hydrogens is 378 g/mol. The van der Waals surface area contributed by atoms with Crippen LogP contribution in [0.1, 0.15) is 16.9 Å². The Balaban J connectivity index is 1.63. The Kier molecular flexibility index (Phi) is 7.38. The van der Waals surface area contributed by atoms with E-state index in [1.807, 2.05) is 12.1 Å². The molecule has 7 heteroatoms. The van der Waals surface area contributed by atoms with E-state index < -0.39 is 0 Å². The number of piperazine rings is 1. The fraction of sp³-hybridized carbons (Fsp3) is 0.478. The van der Waals surface area contributed by atoms with Crippen molar-refractivity contribution in [1.82, 2.24) is 15.1 Å². The lowest BCUT2D eigenvalue weighted by molar-refractivity contribution is -0.127. The minimum absolute atomic E-state index is 0.00523. The number of guanidine groups is 1. The second-order valence-electron chi connectivity index (χ2n) is 7.95. The molecular formula is C23H33N5O2. The van der Waals surface area contributed by atoms with Gasteiger partial charge in [0.15, 0.2) is 5.96 Å². The maximum Gasteiger partial charge on any atom is 0.243 e. The van der Waals surface area contributed by atoms with Gasteiger partial charge in [0.05, 0.1) is 6.26 Å². The van der Waals surface area contributed by atoms with Gasteiger partial charge in [-0.25, -0.2) is 4.99 Å². The number of furan rings is 1. The van der Waals surface area contributed by atoms with Crippen molar-refractivity contribution in [1.29, 1.82) is 0 Å². The lowest BCUT2D eigenvalue weighted by Crippen LogP contribution is -2.53. The van der Waals surface area contributed by atoms with Gasteiger partial charge in [-0.1, -0.05) is 12.1 Å². The molecule has 7 nitrogen and oxygen atoms in total. The Morgan fingerprint density at radius 1 is 1.17 bits per heavy atom. The van der Waals surface area contributed by atoms with Gasteiger partial charge < -0.3 is 24.4 Å². The van der Waals surface area contributed by atoms with Gasteiger partial charge in [-0.2, -0.15) is 0 Å². The minimum Gasteiger partial charge on any atom is -0.469 e. The number of nitrogens with zero attached hydrogens (tertiary/aromatic N) is 4. The van der Waals surface area contributed by atoms with Crippen molar-refractivity contribution in [2.45, 2.75) is 20.3 Å². The van der Waals surface area contributed by atoms with Crippen molar-refractivity contribution in [3.05, 3.63) is 53.5 Å². The molecule has 1 aliphatic rings. The highest BCUT2D eigenvalue weighted by Crippen LogP contribution is 2.22. The summed E-state index contributed by atoms with van der Waals surface area (Å²) < 4.78 is 5.41. The van der Waals surface area contributed by atoms with E-state index in [4.69, 9.17) is 4.42 Å². The first-order chi connectivity index (χ1) is 14.4. The first kappa shape index (κ1) is 21.7.